The van der Waals surface area contributed by atoms with E-state index in [9.17, 15) is 4.79 Å². The van der Waals surface area contributed by atoms with Gasteiger partial charge in [0.15, 0.2) is 11.5 Å². The van der Waals surface area contributed by atoms with Gasteiger partial charge in [0.25, 0.3) is 5.91 Å². The Bertz CT molecular complexity index is 1050. The molecule has 32 heavy (non-hydrogen) atoms. The molecule has 3 aromatic rings. The van der Waals surface area contributed by atoms with Crippen LogP contribution >= 0.6 is 0 Å². The van der Waals surface area contributed by atoms with Crippen molar-refractivity contribution in [2.45, 2.75) is 19.2 Å². The normalized spacial score (nSPS) is 13.8. The van der Waals surface area contributed by atoms with E-state index in [1.54, 1.807) is 20.3 Å². The maximum Gasteiger partial charge on any atom is 0.255 e. The summed E-state index contributed by atoms with van der Waals surface area (Å²) in [5, 5.41) is 2.98. The summed E-state index contributed by atoms with van der Waals surface area (Å²) in [7, 11) is 3.28. The molecule has 1 fully saturated rings. The van der Waals surface area contributed by atoms with Crippen LogP contribution in [0, 0.1) is 0 Å². The van der Waals surface area contributed by atoms with Crippen LogP contribution in [0.5, 0.6) is 17.2 Å². The van der Waals surface area contributed by atoms with Crippen LogP contribution < -0.4 is 19.5 Å². The number of likely N-dealkylation sites (tertiary alicyclic amines) is 1. The fourth-order valence-electron chi connectivity index (χ4n) is 3.77. The molecule has 1 aliphatic heterocycles. The van der Waals surface area contributed by atoms with Gasteiger partial charge in [-0.1, -0.05) is 48.5 Å². The molecule has 6 heteroatoms. The molecule has 0 bridgehead atoms. The maximum absolute atomic E-state index is 12.7. The van der Waals surface area contributed by atoms with Crippen LogP contribution in [0.25, 0.3) is 0 Å². The Morgan fingerprint density at radius 2 is 1.59 bits per heavy atom. The lowest BCUT2D eigenvalue weighted by Gasteiger charge is -2.39. The number of ether oxygens (including phenoxy) is 3. The standard InChI is InChI=1S/C26H28N2O4/c1-30-24-13-12-20(14-25(24)31-2)16-28-17-21(18-28)32-23-11-7-6-10-22(23)26(29)27-15-19-8-4-3-5-9-19/h3-14,21H,15-18H2,1-2H3,(H,27,29). The van der Waals surface area contributed by atoms with E-state index in [-0.39, 0.29) is 12.0 Å². The predicted molar refractivity (Wildman–Crippen MR) is 123 cm³/mol. The highest BCUT2D eigenvalue weighted by Crippen LogP contribution is 2.29. The second-order valence-electron chi connectivity index (χ2n) is 7.79. The van der Waals surface area contributed by atoms with Gasteiger partial charge in [-0.2, -0.15) is 0 Å². The van der Waals surface area contributed by atoms with Gasteiger partial charge in [-0.15, -0.1) is 0 Å². The van der Waals surface area contributed by atoms with E-state index >= 15 is 0 Å². The maximum atomic E-state index is 12.7. The fraction of sp³-hybridized carbons (Fsp3) is 0.269. The molecular formula is C26H28N2O4. The molecule has 0 radical (unpaired) electrons. The zero-order valence-corrected chi connectivity index (χ0v) is 18.4. The van der Waals surface area contributed by atoms with Crippen LogP contribution in [-0.4, -0.2) is 44.2 Å². The summed E-state index contributed by atoms with van der Waals surface area (Å²) >= 11 is 0. The summed E-state index contributed by atoms with van der Waals surface area (Å²) < 4.78 is 16.8. The van der Waals surface area contributed by atoms with Gasteiger partial charge in [0.2, 0.25) is 0 Å². The average Bonchev–Trinajstić information content (AvgIpc) is 2.82. The molecule has 166 valence electrons. The van der Waals surface area contributed by atoms with E-state index in [0.717, 1.165) is 42.3 Å². The number of benzene rings is 3. The van der Waals surface area contributed by atoms with Gasteiger partial charge in [0, 0.05) is 26.2 Å². The van der Waals surface area contributed by atoms with Crippen molar-refractivity contribution in [1.82, 2.24) is 10.2 Å². The highest BCUT2D eigenvalue weighted by molar-refractivity contribution is 5.96. The highest BCUT2D eigenvalue weighted by atomic mass is 16.5. The lowest BCUT2D eigenvalue weighted by atomic mass is 10.1. The van der Waals surface area contributed by atoms with E-state index in [2.05, 4.69) is 10.2 Å². The molecule has 3 aromatic carbocycles. The molecule has 1 amide bonds. The van der Waals surface area contributed by atoms with Crippen molar-refractivity contribution in [2.24, 2.45) is 0 Å². The van der Waals surface area contributed by atoms with E-state index in [1.807, 2.05) is 66.7 Å². The van der Waals surface area contributed by atoms with E-state index in [4.69, 9.17) is 14.2 Å². The number of hydrogen-bond acceptors (Lipinski definition) is 5. The first-order valence-electron chi connectivity index (χ1n) is 10.7. The number of nitrogens with zero attached hydrogens (tertiary/aromatic N) is 1. The first-order valence-corrected chi connectivity index (χ1v) is 10.7. The minimum Gasteiger partial charge on any atom is -0.493 e. The molecule has 0 unspecified atom stereocenters. The molecule has 1 aliphatic rings. The van der Waals surface area contributed by atoms with Crippen molar-refractivity contribution in [3.63, 3.8) is 0 Å². The number of amides is 1. The van der Waals surface area contributed by atoms with Crippen LogP contribution in [0.1, 0.15) is 21.5 Å². The minimum absolute atomic E-state index is 0.0539. The zero-order chi connectivity index (χ0) is 22.3. The van der Waals surface area contributed by atoms with E-state index in [1.165, 1.54) is 0 Å². The Balaban J connectivity index is 1.31. The SMILES string of the molecule is COc1ccc(CN2CC(Oc3ccccc3C(=O)NCc3ccccc3)C2)cc1OC. The molecule has 4 rings (SSSR count). The Morgan fingerprint density at radius 3 is 2.34 bits per heavy atom. The summed E-state index contributed by atoms with van der Waals surface area (Å²) in [6, 6.07) is 23.2. The Hall–Kier alpha value is -3.51. The number of methoxy groups -OCH3 is 2. The molecule has 0 aliphatic carbocycles. The van der Waals surface area contributed by atoms with Crippen LogP contribution in [0.2, 0.25) is 0 Å². The van der Waals surface area contributed by atoms with Crippen molar-refractivity contribution in [1.29, 1.82) is 0 Å². The number of rotatable bonds is 9. The van der Waals surface area contributed by atoms with Crippen molar-refractivity contribution in [3.8, 4) is 17.2 Å². The largest absolute Gasteiger partial charge is 0.493 e. The molecule has 1 heterocycles. The summed E-state index contributed by atoms with van der Waals surface area (Å²) in [5.41, 5.74) is 2.77. The summed E-state index contributed by atoms with van der Waals surface area (Å²) in [6.07, 6.45) is 0.0539. The van der Waals surface area contributed by atoms with Gasteiger partial charge < -0.3 is 19.5 Å². The summed E-state index contributed by atoms with van der Waals surface area (Å²) in [5.74, 6) is 1.94. The molecule has 0 atom stereocenters. The third-order valence-corrected chi connectivity index (χ3v) is 5.50. The third-order valence-electron chi connectivity index (χ3n) is 5.50. The van der Waals surface area contributed by atoms with Gasteiger partial charge in [-0.25, -0.2) is 0 Å². The lowest BCUT2D eigenvalue weighted by Crippen LogP contribution is -2.53. The van der Waals surface area contributed by atoms with Gasteiger partial charge >= 0.3 is 0 Å². The van der Waals surface area contributed by atoms with Crippen molar-refractivity contribution in [3.05, 3.63) is 89.5 Å². The monoisotopic (exact) mass is 432 g/mol. The van der Waals surface area contributed by atoms with E-state index < -0.39 is 0 Å². The van der Waals surface area contributed by atoms with Crippen LogP contribution in [0.3, 0.4) is 0 Å². The van der Waals surface area contributed by atoms with Crippen LogP contribution in [0.4, 0.5) is 0 Å². The molecular weight excluding hydrogens is 404 g/mol. The molecule has 1 saturated heterocycles. The first kappa shape index (κ1) is 21.7. The number of nitrogens with one attached hydrogen (secondary N) is 1. The van der Waals surface area contributed by atoms with Gasteiger partial charge in [0.05, 0.1) is 19.8 Å². The van der Waals surface area contributed by atoms with Gasteiger partial charge in [-0.05, 0) is 35.4 Å². The molecule has 1 N–H and O–H groups in total. The number of carbonyl (C=O) groups is 1. The second kappa shape index (κ2) is 10.2. The topological polar surface area (TPSA) is 60.0 Å². The number of carbonyl (C=O) groups excluding carboxylic acids is 1. The van der Waals surface area contributed by atoms with E-state index in [0.29, 0.717) is 17.9 Å². The lowest BCUT2D eigenvalue weighted by molar-refractivity contribution is 0.0140. The first-order chi connectivity index (χ1) is 15.7. The zero-order valence-electron chi connectivity index (χ0n) is 18.4. The predicted octanol–water partition coefficient (Wildman–Crippen LogP) is 3.90. The molecule has 0 saturated carbocycles. The number of para-hydroxylation sites is 1. The van der Waals surface area contributed by atoms with Crippen LogP contribution in [-0.2, 0) is 13.1 Å². The van der Waals surface area contributed by atoms with Crippen LogP contribution in [0.15, 0.2) is 72.8 Å². The fourth-order valence-corrected chi connectivity index (χ4v) is 3.77. The molecule has 0 spiro atoms. The molecule has 0 aromatic heterocycles. The van der Waals surface area contributed by atoms with Gasteiger partial charge in [-0.3, -0.25) is 9.69 Å². The highest BCUT2D eigenvalue weighted by Gasteiger charge is 2.29. The Morgan fingerprint density at radius 1 is 0.875 bits per heavy atom. The van der Waals surface area contributed by atoms with Gasteiger partial charge in [0.1, 0.15) is 11.9 Å². The molecule has 6 nitrogen and oxygen atoms in total. The summed E-state index contributed by atoms with van der Waals surface area (Å²) in [4.78, 5) is 15.0. The quantitative estimate of drug-likeness (QED) is 0.556. The Kier molecular flexibility index (Phi) is 6.92. The van der Waals surface area contributed by atoms with Crippen molar-refractivity contribution >= 4 is 5.91 Å². The summed E-state index contributed by atoms with van der Waals surface area (Å²) in [6.45, 7) is 2.89. The third kappa shape index (κ3) is 5.21. The second-order valence-corrected chi connectivity index (χ2v) is 7.79. The number of hydrogen-bond donors (Lipinski definition) is 1. The average molecular weight is 433 g/mol. The smallest absolute Gasteiger partial charge is 0.255 e. The minimum atomic E-state index is -0.133. The Labute approximate surface area is 188 Å². The van der Waals surface area contributed by atoms with Crippen molar-refractivity contribution in [2.75, 3.05) is 27.3 Å². The van der Waals surface area contributed by atoms with Crippen molar-refractivity contribution < 1.29 is 19.0 Å².